The van der Waals surface area contributed by atoms with E-state index in [9.17, 15) is 9.59 Å². The number of carbonyl (C=O) groups is 2. The van der Waals surface area contributed by atoms with Crippen LogP contribution < -0.4 is 0 Å². The summed E-state index contributed by atoms with van der Waals surface area (Å²) in [4.78, 5) is 25.5. The number of benzene rings is 1. The fourth-order valence-electron chi connectivity index (χ4n) is 1.92. The summed E-state index contributed by atoms with van der Waals surface area (Å²) in [6, 6.07) is 7.25. The van der Waals surface area contributed by atoms with Crippen LogP contribution in [0.1, 0.15) is 18.4 Å². The number of amides is 1. The number of rotatable bonds is 5. The summed E-state index contributed by atoms with van der Waals surface area (Å²) in [7, 11) is 1.34. The van der Waals surface area contributed by atoms with Crippen LogP contribution in [0.25, 0.3) is 6.08 Å². The van der Waals surface area contributed by atoms with Gasteiger partial charge < -0.3 is 4.74 Å². The molecule has 116 valence electrons. The van der Waals surface area contributed by atoms with E-state index in [-0.39, 0.29) is 18.3 Å². The van der Waals surface area contributed by atoms with Gasteiger partial charge >= 0.3 is 5.97 Å². The quantitative estimate of drug-likeness (QED) is 0.459. The first-order valence-electron chi connectivity index (χ1n) is 6.59. The van der Waals surface area contributed by atoms with Crippen LogP contribution in [-0.4, -0.2) is 34.8 Å². The maximum atomic E-state index is 12.4. The largest absolute Gasteiger partial charge is 0.469 e. The second kappa shape index (κ2) is 7.76. The number of thioether (sulfide) groups is 1. The van der Waals surface area contributed by atoms with Crippen LogP contribution in [0.5, 0.6) is 0 Å². The molecule has 0 unspecified atom stereocenters. The lowest BCUT2D eigenvalue weighted by atomic mass is 10.2. The highest BCUT2D eigenvalue weighted by Gasteiger charge is 2.31. The van der Waals surface area contributed by atoms with Gasteiger partial charge in [-0.2, -0.15) is 0 Å². The molecule has 0 aromatic heterocycles. The van der Waals surface area contributed by atoms with E-state index in [1.165, 1.54) is 23.8 Å². The first kappa shape index (κ1) is 17.0. The summed E-state index contributed by atoms with van der Waals surface area (Å²) in [5.74, 6) is -0.431. The highest BCUT2D eigenvalue weighted by molar-refractivity contribution is 8.26. The van der Waals surface area contributed by atoms with E-state index in [1.807, 2.05) is 12.1 Å². The average Bonchev–Trinajstić information content (AvgIpc) is 2.74. The second-order valence-electron chi connectivity index (χ2n) is 4.57. The Balaban J connectivity index is 2.03. The summed E-state index contributed by atoms with van der Waals surface area (Å²) < 4.78 is 5.08. The van der Waals surface area contributed by atoms with Crippen molar-refractivity contribution in [3.63, 3.8) is 0 Å². The number of ether oxygens (including phenoxy) is 1. The van der Waals surface area contributed by atoms with Crippen molar-refractivity contribution in [2.24, 2.45) is 0 Å². The lowest BCUT2D eigenvalue weighted by Crippen LogP contribution is -2.29. The monoisotopic (exact) mass is 355 g/mol. The molecular weight excluding hydrogens is 342 g/mol. The molecule has 2 rings (SSSR count). The molecular formula is C15H14ClNO3S2. The summed E-state index contributed by atoms with van der Waals surface area (Å²) in [5, 5.41) is 0.613. The van der Waals surface area contributed by atoms with Crippen molar-refractivity contribution in [2.45, 2.75) is 12.8 Å². The molecule has 0 N–H and O–H groups in total. The second-order valence-corrected chi connectivity index (χ2v) is 6.68. The number of thiocarbonyl (C=S) groups is 1. The van der Waals surface area contributed by atoms with Crippen LogP contribution in [-0.2, 0) is 14.3 Å². The third-order valence-electron chi connectivity index (χ3n) is 3.01. The Kier molecular flexibility index (Phi) is 5.99. The standard InChI is InChI=1S/C15H14ClNO3S2/c1-20-13(18)6-3-7-17-14(19)12(22-15(17)21)9-10-4-2-5-11(16)8-10/h2,4-5,8-9H,3,6-7H2,1H3/b12-9-. The highest BCUT2D eigenvalue weighted by atomic mass is 35.5. The van der Waals surface area contributed by atoms with Gasteiger partial charge in [0.1, 0.15) is 4.32 Å². The minimum absolute atomic E-state index is 0.139. The van der Waals surface area contributed by atoms with Crippen molar-refractivity contribution in [1.29, 1.82) is 0 Å². The Morgan fingerprint density at radius 2 is 2.27 bits per heavy atom. The molecule has 4 nitrogen and oxygen atoms in total. The smallest absolute Gasteiger partial charge is 0.305 e. The molecule has 0 saturated carbocycles. The lowest BCUT2D eigenvalue weighted by Gasteiger charge is -2.13. The van der Waals surface area contributed by atoms with Crippen molar-refractivity contribution in [3.8, 4) is 0 Å². The predicted octanol–water partition coefficient (Wildman–Crippen LogP) is 3.49. The normalized spacial score (nSPS) is 16.5. The molecule has 1 aromatic carbocycles. The Morgan fingerprint density at radius 1 is 1.50 bits per heavy atom. The number of hydrogen-bond donors (Lipinski definition) is 0. The molecule has 0 atom stereocenters. The number of hydrogen-bond acceptors (Lipinski definition) is 5. The van der Waals surface area contributed by atoms with Gasteiger partial charge in [0.15, 0.2) is 0 Å². The highest BCUT2D eigenvalue weighted by Crippen LogP contribution is 2.33. The number of nitrogens with zero attached hydrogens (tertiary/aromatic N) is 1. The van der Waals surface area contributed by atoms with Crippen LogP contribution in [0.3, 0.4) is 0 Å². The van der Waals surface area contributed by atoms with Gasteiger partial charge in [-0.25, -0.2) is 0 Å². The van der Waals surface area contributed by atoms with Crippen molar-refractivity contribution < 1.29 is 14.3 Å². The zero-order valence-electron chi connectivity index (χ0n) is 11.9. The summed E-state index contributed by atoms with van der Waals surface area (Å²) in [5.41, 5.74) is 0.850. The minimum Gasteiger partial charge on any atom is -0.469 e. The molecule has 22 heavy (non-hydrogen) atoms. The Hall–Kier alpha value is -1.37. The topological polar surface area (TPSA) is 46.6 Å². The number of halogens is 1. The molecule has 1 saturated heterocycles. The van der Waals surface area contributed by atoms with Gasteiger partial charge in [-0.3, -0.25) is 14.5 Å². The summed E-state index contributed by atoms with van der Waals surface area (Å²) >= 11 is 12.4. The first-order valence-corrected chi connectivity index (χ1v) is 8.19. The number of methoxy groups -OCH3 is 1. The molecule has 0 spiro atoms. The number of carbonyl (C=O) groups excluding carboxylic acids is 2. The van der Waals surface area contributed by atoms with Gasteiger partial charge in [-0.1, -0.05) is 47.7 Å². The minimum atomic E-state index is -0.292. The Bertz CT molecular complexity index is 645. The van der Waals surface area contributed by atoms with E-state index in [2.05, 4.69) is 4.74 Å². The van der Waals surface area contributed by atoms with E-state index in [0.29, 0.717) is 27.2 Å². The maximum absolute atomic E-state index is 12.4. The van der Waals surface area contributed by atoms with Gasteiger partial charge in [0, 0.05) is 18.0 Å². The van der Waals surface area contributed by atoms with E-state index in [4.69, 9.17) is 23.8 Å². The molecule has 1 aliphatic heterocycles. The third-order valence-corrected chi connectivity index (χ3v) is 4.62. The van der Waals surface area contributed by atoms with Crippen molar-refractivity contribution >= 4 is 57.9 Å². The summed E-state index contributed by atoms with van der Waals surface area (Å²) in [6.45, 7) is 0.409. The lowest BCUT2D eigenvalue weighted by molar-refractivity contribution is -0.141. The van der Waals surface area contributed by atoms with Crippen LogP contribution in [0.4, 0.5) is 0 Å². The van der Waals surface area contributed by atoms with Gasteiger partial charge in [0.2, 0.25) is 0 Å². The molecule has 0 aliphatic carbocycles. The van der Waals surface area contributed by atoms with E-state index in [0.717, 1.165) is 5.56 Å². The Labute approximate surface area is 143 Å². The van der Waals surface area contributed by atoms with Crippen molar-refractivity contribution in [2.75, 3.05) is 13.7 Å². The predicted molar refractivity (Wildman–Crippen MR) is 92.6 cm³/mol. The molecule has 1 amide bonds. The Morgan fingerprint density at radius 3 is 2.95 bits per heavy atom. The number of esters is 1. The fourth-order valence-corrected chi connectivity index (χ4v) is 3.43. The molecule has 0 radical (unpaired) electrons. The zero-order valence-corrected chi connectivity index (χ0v) is 14.3. The van der Waals surface area contributed by atoms with Crippen LogP contribution in [0.15, 0.2) is 29.2 Å². The van der Waals surface area contributed by atoms with Gasteiger partial charge in [0.25, 0.3) is 5.91 Å². The van der Waals surface area contributed by atoms with E-state index < -0.39 is 0 Å². The maximum Gasteiger partial charge on any atom is 0.305 e. The third kappa shape index (κ3) is 4.32. The van der Waals surface area contributed by atoms with Gasteiger partial charge in [0.05, 0.1) is 12.0 Å². The molecule has 1 fully saturated rings. The SMILES string of the molecule is COC(=O)CCCN1C(=O)/C(=C/c2cccc(Cl)c2)SC1=S. The molecule has 1 heterocycles. The molecule has 1 aromatic rings. The van der Waals surface area contributed by atoms with Crippen LogP contribution in [0.2, 0.25) is 5.02 Å². The molecule has 0 bridgehead atoms. The zero-order chi connectivity index (χ0) is 16.1. The average molecular weight is 356 g/mol. The van der Waals surface area contributed by atoms with Crippen molar-refractivity contribution in [1.82, 2.24) is 4.90 Å². The molecule has 7 heteroatoms. The van der Waals surface area contributed by atoms with Crippen molar-refractivity contribution in [3.05, 3.63) is 39.8 Å². The van der Waals surface area contributed by atoms with E-state index >= 15 is 0 Å². The summed E-state index contributed by atoms with van der Waals surface area (Å²) in [6.07, 6.45) is 2.55. The van der Waals surface area contributed by atoms with Gasteiger partial charge in [-0.15, -0.1) is 0 Å². The van der Waals surface area contributed by atoms with Crippen LogP contribution in [0, 0.1) is 0 Å². The first-order chi connectivity index (χ1) is 10.5. The van der Waals surface area contributed by atoms with E-state index in [1.54, 1.807) is 18.2 Å². The fraction of sp³-hybridized carbons (Fsp3) is 0.267. The molecule has 1 aliphatic rings. The van der Waals surface area contributed by atoms with Crippen LogP contribution >= 0.6 is 35.6 Å². The van der Waals surface area contributed by atoms with Gasteiger partial charge in [-0.05, 0) is 30.2 Å².